The average Bonchev–Trinajstić information content (AvgIpc) is 2.86. The minimum absolute atomic E-state index is 0.140. The highest BCUT2D eigenvalue weighted by molar-refractivity contribution is 6.04. The fourth-order valence-corrected chi connectivity index (χ4v) is 1.80. The molecule has 0 radical (unpaired) electrons. The first-order valence-electron chi connectivity index (χ1n) is 6.84. The van der Waals surface area contributed by atoms with Crippen LogP contribution < -0.4 is 10.6 Å². The van der Waals surface area contributed by atoms with Gasteiger partial charge >= 0.3 is 0 Å². The van der Waals surface area contributed by atoms with Gasteiger partial charge in [-0.1, -0.05) is 18.2 Å². The summed E-state index contributed by atoms with van der Waals surface area (Å²) < 4.78 is 1.41. The number of aliphatic hydroxyl groups excluding tert-OH is 1. The predicted octanol–water partition coefficient (Wildman–Crippen LogP) is 0.783. The third-order valence-corrected chi connectivity index (χ3v) is 2.95. The molecule has 7 heteroatoms. The van der Waals surface area contributed by atoms with Crippen molar-refractivity contribution < 1.29 is 14.7 Å². The van der Waals surface area contributed by atoms with Crippen LogP contribution >= 0.6 is 0 Å². The lowest BCUT2D eigenvalue weighted by Crippen LogP contribution is -2.30. The molecule has 0 saturated carbocycles. The lowest BCUT2D eigenvalue weighted by atomic mass is 10.2. The van der Waals surface area contributed by atoms with Crippen molar-refractivity contribution in [2.75, 3.05) is 11.9 Å². The van der Waals surface area contributed by atoms with Crippen molar-refractivity contribution >= 4 is 17.6 Å². The largest absolute Gasteiger partial charge is 0.392 e. The number of anilines is 1. The van der Waals surface area contributed by atoms with E-state index < -0.39 is 12.0 Å². The summed E-state index contributed by atoms with van der Waals surface area (Å²) >= 11 is 0. The van der Waals surface area contributed by atoms with Crippen molar-refractivity contribution in [2.24, 2.45) is 7.05 Å². The molecule has 1 unspecified atom stereocenters. The Morgan fingerprint density at radius 3 is 2.59 bits per heavy atom. The standard InChI is InChI=1S/C15H18N4O3/c1-10(20)9-16-15(22)12-8-13(19(2)18-12)17-14(21)11-6-4-3-5-7-11/h3-8,10,20H,9H2,1-2H3,(H,16,22)(H,17,21). The number of aromatic nitrogens is 2. The Kier molecular flexibility index (Phi) is 4.90. The van der Waals surface area contributed by atoms with E-state index in [1.54, 1.807) is 38.2 Å². The van der Waals surface area contributed by atoms with Crippen molar-refractivity contribution in [3.05, 3.63) is 47.7 Å². The Bertz CT molecular complexity index is 665. The number of aliphatic hydroxyl groups is 1. The molecule has 22 heavy (non-hydrogen) atoms. The van der Waals surface area contributed by atoms with Gasteiger partial charge in [-0.2, -0.15) is 5.10 Å². The Labute approximate surface area is 128 Å². The van der Waals surface area contributed by atoms with Gasteiger partial charge in [-0.25, -0.2) is 0 Å². The quantitative estimate of drug-likeness (QED) is 0.760. The fourth-order valence-electron chi connectivity index (χ4n) is 1.80. The number of carbonyl (C=O) groups is 2. The number of hydrogen-bond acceptors (Lipinski definition) is 4. The molecule has 2 rings (SSSR count). The molecule has 7 nitrogen and oxygen atoms in total. The highest BCUT2D eigenvalue weighted by Crippen LogP contribution is 2.11. The minimum Gasteiger partial charge on any atom is -0.392 e. The number of hydrogen-bond donors (Lipinski definition) is 3. The number of rotatable bonds is 5. The number of nitrogens with zero attached hydrogens (tertiary/aromatic N) is 2. The maximum atomic E-state index is 12.1. The molecular formula is C15H18N4O3. The zero-order valence-electron chi connectivity index (χ0n) is 12.4. The van der Waals surface area contributed by atoms with E-state index >= 15 is 0 Å². The van der Waals surface area contributed by atoms with Gasteiger partial charge in [0, 0.05) is 25.2 Å². The molecule has 0 aliphatic carbocycles. The van der Waals surface area contributed by atoms with E-state index in [2.05, 4.69) is 15.7 Å². The highest BCUT2D eigenvalue weighted by Gasteiger charge is 2.15. The van der Waals surface area contributed by atoms with Crippen LogP contribution in [0.25, 0.3) is 0 Å². The number of aryl methyl sites for hydroxylation is 1. The van der Waals surface area contributed by atoms with E-state index in [0.29, 0.717) is 11.4 Å². The lowest BCUT2D eigenvalue weighted by Gasteiger charge is -2.04. The Morgan fingerprint density at radius 2 is 1.95 bits per heavy atom. The first-order valence-corrected chi connectivity index (χ1v) is 6.84. The van der Waals surface area contributed by atoms with Gasteiger partial charge in [0.15, 0.2) is 5.69 Å². The number of nitrogens with one attached hydrogen (secondary N) is 2. The number of carbonyl (C=O) groups excluding carboxylic acids is 2. The van der Waals surface area contributed by atoms with Crippen LogP contribution in [0.15, 0.2) is 36.4 Å². The summed E-state index contributed by atoms with van der Waals surface area (Å²) in [6, 6.07) is 10.2. The smallest absolute Gasteiger partial charge is 0.271 e. The zero-order valence-corrected chi connectivity index (χ0v) is 12.4. The maximum Gasteiger partial charge on any atom is 0.271 e. The van der Waals surface area contributed by atoms with Crippen LogP contribution in [0.5, 0.6) is 0 Å². The normalized spacial score (nSPS) is 11.8. The Balaban J connectivity index is 2.07. The molecule has 2 amide bonds. The summed E-state index contributed by atoms with van der Waals surface area (Å²) in [4.78, 5) is 23.9. The molecule has 0 fully saturated rings. The van der Waals surface area contributed by atoms with Gasteiger partial charge in [0.25, 0.3) is 11.8 Å². The molecule has 3 N–H and O–H groups in total. The molecule has 1 heterocycles. The van der Waals surface area contributed by atoms with Gasteiger partial charge in [0.05, 0.1) is 6.10 Å². The summed E-state index contributed by atoms with van der Waals surface area (Å²) in [6.45, 7) is 1.71. The van der Waals surface area contributed by atoms with Crippen LogP contribution in [-0.2, 0) is 7.05 Å². The monoisotopic (exact) mass is 302 g/mol. The van der Waals surface area contributed by atoms with Crippen molar-refractivity contribution in [1.29, 1.82) is 0 Å². The van der Waals surface area contributed by atoms with Gasteiger partial charge in [-0.3, -0.25) is 14.3 Å². The van der Waals surface area contributed by atoms with Crippen LogP contribution in [0.4, 0.5) is 5.82 Å². The fraction of sp³-hybridized carbons (Fsp3) is 0.267. The third kappa shape index (κ3) is 3.92. The molecule has 1 aromatic carbocycles. The highest BCUT2D eigenvalue weighted by atomic mass is 16.3. The summed E-state index contributed by atoms with van der Waals surface area (Å²) in [7, 11) is 1.63. The zero-order chi connectivity index (χ0) is 16.1. The van der Waals surface area contributed by atoms with Crippen LogP contribution in [0.2, 0.25) is 0 Å². The second-order valence-electron chi connectivity index (χ2n) is 4.92. The summed E-state index contributed by atoms with van der Waals surface area (Å²) in [5.41, 5.74) is 0.690. The second-order valence-corrected chi connectivity index (χ2v) is 4.92. The second kappa shape index (κ2) is 6.86. The Hall–Kier alpha value is -2.67. The molecule has 0 bridgehead atoms. The van der Waals surface area contributed by atoms with Crippen molar-refractivity contribution in [3.8, 4) is 0 Å². The van der Waals surface area contributed by atoms with Gasteiger partial charge in [-0.15, -0.1) is 0 Å². The van der Waals surface area contributed by atoms with E-state index in [1.807, 2.05) is 6.07 Å². The topological polar surface area (TPSA) is 96.3 Å². The van der Waals surface area contributed by atoms with Crippen LogP contribution in [-0.4, -0.2) is 39.4 Å². The molecule has 1 atom stereocenters. The van der Waals surface area contributed by atoms with Crippen molar-refractivity contribution in [3.63, 3.8) is 0 Å². The molecule has 0 spiro atoms. The molecule has 0 aliphatic heterocycles. The van der Waals surface area contributed by atoms with E-state index in [0.717, 1.165) is 0 Å². The van der Waals surface area contributed by atoms with Crippen LogP contribution in [0.1, 0.15) is 27.8 Å². The third-order valence-electron chi connectivity index (χ3n) is 2.95. The predicted molar refractivity (Wildman–Crippen MR) is 81.6 cm³/mol. The molecule has 116 valence electrons. The molecular weight excluding hydrogens is 284 g/mol. The SMILES string of the molecule is CC(O)CNC(=O)c1cc(NC(=O)c2ccccc2)n(C)n1. The van der Waals surface area contributed by atoms with E-state index in [9.17, 15) is 9.59 Å². The molecule has 2 aromatic rings. The van der Waals surface area contributed by atoms with Gasteiger partial charge < -0.3 is 15.7 Å². The van der Waals surface area contributed by atoms with E-state index in [-0.39, 0.29) is 18.1 Å². The molecule has 0 saturated heterocycles. The van der Waals surface area contributed by atoms with Crippen molar-refractivity contribution in [1.82, 2.24) is 15.1 Å². The van der Waals surface area contributed by atoms with Gasteiger partial charge in [0.1, 0.15) is 5.82 Å². The van der Waals surface area contributed by atoms with Crippen molar-refractivity contribution in [2.45, 2.75) is 13.0 Å². The van der Waals surface area contributed by atoms with Crippen LogP contribution in [0.3, 0.4) is 0 Å². The van der Waals surface area contributed by atoms with E-state index in [4.69, 9.17) is 5.11 Å². The lowest BCUT2D eigenvalue weighted by molar-refractivity contribution is 0.0918. The molecule has 0 aliphatic rings. The molecule has 1 aromatic heterocycles. The van der Waals surface area contributed by atoms with E-state index in [1.165, 1.54) is 10.7 Å². The summed E-state index contributed by atoms with van der Waals surface area (Å²) in [5, 5.41) is 18.4. The summed E-state index contributed by atoms with van der Waals surface area (Å²) in [5.74, 6) is -0.271. The maximum absolute atomic E-state index is 12.1. The summed E-state index contributed by atoms with van der Waals surface area (Å²) in [6.07, 6.45) is -0.634. The minimum atomic E-state index is -0.634. The first-order chi connectivity index (χ1) is 10.5. The van der Waals surface area contributed by atoms with Gasteiger partial charge in [0.2, 0.25) is 0 Å². The van der Waals surface area contributed by atoms with Crippen LogP contribution in [0, 0.1) is 0 Å². The Morgan fingerprint density at radius 1 is 1.27 bits per heavy atom. The van der Waals surface area contributed by atoms with Gasteiger partial charge in [-0.05, 0) is 19.1 Å². The first kappa shape index (κ1) is 15.7. The number of benzene rings is 1. The average molecular weight is 302 g/mol. The number of amides is 2.